The van der Waals surface area contributed by atoms with Gasteiger partial charge in [-0.05, 0) is 35.0 Å². The Morgan fingerprint density at radius 1 is 1.14 bits per heavy atom. The average molecular weight is 473 g/mol. The van der Waals surface area contributed by atoms with Crippen LogP contribution in [-0.4, -0.2) is 52.6 Å². The lowest BCUT2D eigenvalue weighted by molar-refractivity contribution is -0.142. The highest BCUT2D eigenvalue weighted by atomic mass is 79.9. The van der Waals surface area contributed by atoms with Gasteiger partial charge in [-0.15, -0.1) is 0 Å². The van der Waals surface area contributed by atoms with E-state index in [9.17, 15) is 18.0 Å². The fourth-order valence-electron chi connectivity index (χ4n) is 3.65. The lowest BCUT2D eigenvalue weighted by Gasteiger charge is -2.38. The maximum absolute atomic E-state index is 13.6. The molecule has 1 saturated heterocycles. The van der Waals surface area contributed by atoms with E-state index in [1.54, 1.807) is 0 Å². The van der Waals surface area contributed by atoms with E-state index in [-0.39, 0.29) is 18.4 Å². The third-order valence-corrected chi connectivity index (χ3v) is 5.97. The summed E-state index contributed by atoms with van der Waals surface area (Å²) in [6, 6.07) is 8.85. The van der Waals surface area contributed by atoms with Crippen LogP contribution in [0.25, 0.3) is 0 Å². The minimum absolute atomic E-state index is 0.168. The van der Waals surface area contributed by atoms with E-state index >= 15 is 0 Å². The summed E-state index contributed by atoms with van der Waals surface area (Å²) in [6.07, 6.45) is -4.15. The molecule has 0 amide bonds. The molecule has 0 spiro atoms. The predicted molar refractivity (Wildman–Crippen MR) is 109 cm³/mol. The molecule has 0 saturated carbocycles. The molecule has 0 bridgehead atoms. The summed E-state index contributed by atoms with van der Waals surface area (Å²) in [5.74, 6) is 0.168. The van der Waals surface area contributed by atoms with Gasteiger partial charge >= 0.3 is 6.18 Å². The summed E-state index contributed by atoms with van der Waals surface area (Å²) in [7, 11) is 2.02. The quantitative estimate of drug-likeness (QED) is 0.663. The molecule has 1 atom stereocenters. The van der Waals surface area contributed by atoms with E-state index < -0.39 is 21.9 Å². The van der Waals surface area contributed by atoms with Gasteiger partial charge in [-0.3, -0.25) is 14.3 Å². The molecule has 1 unspecified atom stereocenters. The van der Waals surface area contributed by atoms with Gasteiger partial charge in [0.15, 0.2) is 5.69 Å². The van der Waals surface area contributed by atoms with Gasteiger partial charge in [0.25, 0.3) is 5.56 Å². The number of likely N-dealkylation sites (N-methyl/N-ethyl adjacent to an activating group) is 1. The number of hydrogen-bond donors (Lipinski definition) is 0. The Hall–Kier alpha value is -1.71. The van der Waals surface area contributed by atoms with Crippen LogP contribution in [0.3, 0.4) is 0 Å². The van der Waals surface area contributed by atoms with Crippen molar-refractivity contribution in [3.05, 3.63) is 62.2 Å². The monoisotopic (exact) mass is 472 g/mol. The highest BCUT2D eigenvalue weighted by Crippen LogP contribution is 2.34. The third kappa shape index (κ3) is 4.90. The number of hydrogen-bond acceptors (Lipinski definition) is 4. The molecular weight excluding hydrogens is 449 g/mol. The Morgan fingerprint density at radius 3 is 2.31 bits per heavy atom. The van der Waals surface area contributed by atoms with Gasteiger partial charge < -0.3 is 4.90 Å². The zero-order valence-electron chi connectivity index (χ0n) is 16.4. The molecule has 2 aromatic rings. The fraction of sp³-hybridized carbons (Fsp3) is 0.500. The van der Waals surface area contributed by atoms with Crippen LogP contribution >= 0.6 is 15.9 Å². The summed E-state index contributed by atoms with van der Waals surface area (Å²) in [4.78, 5) is 21.3. The van der Waals surface area contributed by atoms with E-state index in [0.29, 0.717) is 19.5 Å². The molecule has 9 heteroatoms. The summed E-state index contributed by atoms with van der Waals surface area (Å²) in [5, 5.41) is 0. The van der Waals surface area contributed by atoms with Crippen LogP contribution in [0.15, 0.2) is 39.6 Å². The van der Waals surface area contributed by atoms with E-state index in [0.717, 1.165) is 18.7 Å². The molecule has 1 aliphatic heterocycles. The zero-order valence-corrected chi connectivity index (χ0v) is 18.0. The molecule has 0 radical (unpaired) electrons. The van der Waals surface area contributed by atoms with Gasteiger partial charge in [0, 0.05) is 26.2 Å². The SMILES string of the molecule is CCC(c1nc(C(F)(F)F)c(Br)c(=O)n1Cc1ccccc1)N1CCN(C)CC1. The second-order valence-electron chi connectivity index (χ2n) is 7.27. The summed E-state index contributed by atoms with van der Waals surface area (Å²) >= 11 is 2.85. The molecule has 5 nitrogen and oxygen atoms in total. The number of nitrogens with zero attached hydrogens (tertiary/aromatic N) is 4. The van der Waals surface area contributed by atoms with Gasteiger partial charge in [0.1, 0.15) is 10.3 Å². The molecule has 0 N–H and O–H groups in total. The molecule has 0 aliphatic carbocycles. The molecule has 1 aliphatic rings. The summed E-state index contributed by atoms with van der Waals surface area (Å²) < 4.78 is 41.5. The molecule has 29 heavy (non-hydrogen) atoms. The van der Waals surface area contributed by atoms with E-state index in [4.69, 9.17) is 0 Å². The number of aromatic nitrogens is 2. The average Bonchev–Trinajstić information content (AvgIpc) is 2.68. The van der Waals surface area contributed by atoms with Crippen LogP contribution in [0, 0.1) is 0 Å². The maximum atomic E-state index is 13.6. The Bertz CT molecular complexity index is 893. The van der Waals surface area contributed by atoms with Crippen molar-refractivity contribution >= 4 is 15.9 Å². The van der Waals surface area contributed by atoms with Crippen LogP contribution in [0.5, 0.6) is 0 Å². The van der Waals surface area contributed by atoms with Gasteiger partial charge in [-0.1, -0.05) is 37.3 Å². The van der Waals surface area contributed by atoms with Gasteiger partial charge in [-0.25, -0.2) is 4.98 Å². The van der Waals surface area contributed by atoms with Crippen LogP contribution in [-0.2, 0) is 12.7 Å². The molecule has 3 rings (SSSR count). The molecular formula is C20H24BrF3N4O. The van der Waals surface area contributed by atoms with Gasteiger partial charge in [0.2, 0.25) is 0 Å². The normalized spacial score (nSPS) is 17.4. The van der Waals surface area contributed by atoms with Crippen molar-refractivity contribution in [2.75, 3.05) is 33.2 Å². The fourth-order valence-corrected chi connectivity index (χ4v) is 4.17. The number of piperazine rings is 1. The van der Waals surface area contributed by atoms with E-state index in [1.165, 1.54) is 4.57 Å². The van der Waals surface area contributed by atoms with Crippen molar-refractivity contribution in [3.63, 3.8) is 0 Å². The first-order valence-electron chi connectivity index (χ1n) is 9.56. The van der Waals surface area contributed by atoms with E-state index in [1.807, 2.05) is 44.3 Å². The summed E-state index contributed by atoms with van der Waals surface area (Å²) in [6.45, 7) is 5.16. The van der Waals surface area contributed by atoms with Gasteiger partial charge in [-0.2, -0.15) is 13.2 Å². The molecule has 1 fully saturated rings. The first-order valence-corrected chi connectivity index (χ1v) is 10.4. The lowest BCUT2D eigenvalue weighted by atomic mass is 10.1. The first kappa shape index (κ1) is 22.0. The molecule has 158 valence electrons. The molecule has 1 aromatic heterocycles. The second-order valence-corrected chi connectivity index (χ2v) is 8.06. The summed E-state index contributed by atoms with van der Waals surface area (Å²) in [5.41, 5.74) is -1.04. The van der Waals surface area contributed by atoms with Crippen LogP contribution < -0.4 is 5.56 Å². The van der Waals surface area contributed by atoms with E-state index in [2.05, 4.69) is 30.7 Å². The number of halogens is 4. The zero-order chi connectivity index (χ0) is 21.2. The lowest BCUT2D eigenvalue weighted by Crippen LogP contribution is -2.47. The largest absolute Gasteiger partial charge is 0.434 e. The Kier molecular flexibility index (Phi) is 6.80. The van der Waals surface area contributed by atoms with Crippen molar-refractivity contribution in [1.29, 1.82) is 0 Å². The standard InChI is InChI=1S/C20H24BrF3N4O/c1-3-15(27-11-9-26(2)10-12-27)18-25-17(20(22,23)24)16(21)19(29)28(18)13-14-7-5-4-6-8-14/h4-8,15H,3,9-13H2,1-2H3. The maximum Gasteiger partial charge on any atom is 0.434 e. The van der Waals surface area contributed by atoms with Crippen molar-refractivity contribution in [2.45, 2.75) is 32.1 Å². The topological polar surface area (TPSA) is 41.4 Å². The highest BCUT2D eigenvalue weighted by Gasteiger charge is 2.39. The first-order chi connectivity index (χ1) is 13.7. The predicted octanol–water partition coefficient (Wildman–Crippen LogP) is 3.77. The Balaban J connectivity index is 2.13. The Morgan fingerprint density at radius 2 is 1.76 bits per heavy atom. The van der Waals surface area contributed by atoms with Crippen molar-refractivity contribution in [3.8, 4) is 0 Å². The van der Waals surface area contributed by atoms with Crippen LogP contribution in [0.2, 0.25) is 0 Å². The minimum atomic E-state index is -4.71. The molecule has 1 aromatic carbocycles. The number of rotatable bonds is 5. The third-order valence-electron chi connectivity index (χ3n) is 5.26. The second kappa shape index (κ2) is 8.97. The van der Waals surface area contributed by atoms with Gasteiger partial charge in [0.05, 0.1) is 12.6 Å². The van der Waals surface area contributed by atoms with Crippen molar-refractivity contribution in [1.82, 2.24) is 19.4 Å². The highest BCUT2D eigenvalue weighted by molar-refractivity contribution is 9.10. The van der Waals surface area contributed by atoms with Crippen LogP contribution in [0.1, 0.15) is 36.5 Å². The molecule has 2 heterocycles. The van der Waals surface area contributed by atoms with Crippen LogP contribution in [0.4, 0.5) is 13.2 Å². The van der Waals surface area contributed by atoms with Crippen molar-refractivity contribution in [2.24, 2.45) is 0 Å². The number of alkyl halides is 3. The minimum Gasteiger partial charge on any atom is -0.304 e. The van der Waals surface area contributed by atoms with Crippen molar-refractivity contribution < 1.29 is 13.2 Å². The Labute approximate surface area is 176 Å². The smallest absolute Gasteiger partial charge is 0.304 e. The number of benzene rings is 1.